The predicted octanol–water partition coefficient (Wildman–Crippen LogP) is 1.11. The summed E-state index contributed by atoms with van der Waals surface area (Å²) in [6.45, 7) is 0. The van der Waals surface area contributed by atoms with Gasteiger partial charge in [-0.2, -0.15) is 0 Å². The molecule has 0 aliphatic carbocycles. The molecule has 0 unspecified atom stereocenters. The highest BCUT2D eigenvalue weighted by atomic mass is 16.4. The van der Waals surface area contributed by atoms with Gasteiger partial charge in [-0.1, -0.05) is 0 Å². The van der Waals surface area contributed by atoms with Crippen LogP contribution in [-0.4, -0.2) is 22.2 Å². The van der Waals surface area contributed by atoms with Crippen LogP contribution in [0.15, 0.2) is 24.3 Å². The normalized spacial score (nSPS) is 8.14. The first kappa shape index (κ1) is 11.6. The Morgan fingerprint density at radius 2 is 1.07 bits per heavy atom. The molecule has 14 heavy (non-hydrogen) atoms. The van der Waals surface area contributed by atoms with Gasteiger partial charge >= 0.3 is 11.9 Å². The molecule has 0 atom stereocenters. The van der Waals surface area contributed by atoms with Crippen molar-refractivity contribution >= 4 is 11.9 Å². The third kappa shape index (κ3) is 2.91. The van der Waals surface area contributed by atoms with Crippen LogP contribution in [0.3, 0.4) is 0 Å². The van der Waals surface area contributed by atoms with Gasteiger partial charge in [-0.3, -0.25) is 0 Å². The molecular weight excluding hydrogens is 188 g/mol. The van der Waals surface area contributed by atoms with Crippen LogP contribution in [0.4, 0.5) is 0 Å². The number of nitrogens with zero attached hydrogens (tertiary/aromatic N) is 2. The topological polar surface area (TPSA) is 122 Å². The fourth-order valence-corrected chi connectivity index (χ4v) is 0.755. The summed E-state index contributed by atoms with van der Waals surface area (Å²) in [5.41, 5.74) is 0.167. The number of carboxylic acid groups (broad SMARTS) is 2. The summed E-state index contributed by atoms with van der Waals surface area (Å²) in [7, 11) is 0. The fraction of sp³-hybridized carbons (Fsp3) is 0. The summed E-state index contributed by atoms with van der Waals surface area (Å²) in [5, 5.41) is 28.9. The zero-order valence-electron chi connectivity index (χ0n) is 6.91. The number of carbonyl (C=O) groups is 2. The van der Waals surface area contributed by atoms with Gasteiger partial charge in [0.2, 0.25) is 0 Å². The molecule has 72 valence electrons. The standard InChI is InChI=1S/C8H6O4.N2/c9-7(10)5-1-2-6(4-3-5)8(11)12;1-2/h1-4H,(H,9,10)(H,11,12);. The zero-order valence-corrected chi connectivity index (χ0v) is 6.91. The Balaban J connectivity index is 0.000000791. The van der Waals surface area contributed by atoms with Gasteiger partial charge in [0, 0.05) is 10.8 Å². The first-order valence-corrected chi connectivity index (χ1v) is 3.38. The minimum absolute atomic E-state index is 0.0833. The van der Waals surface area contributed by atoms with E-state index in [-0.39, 0.29) is 11.1 Å². The molecule has 0 saturated carbocycles. The first-order chi connectivity index (χ1) is 6.61. The monoisotopic (exact) mass is 194 g/mol. The van der Waals surface area contributed by atoms with E-state index in [1.807, 2.05) is 0 Å². The van der Waals surface area contributed by atoms with Gasteiger partial charge in [0.15, 0.2) is 0 Å². The fourth-order valence-electron chi connectivity index (χ4n) is 0.755. The number of hydrogen-bond donors (Lipinski definition) is 2. The SMILES string of the molecule is N#N.O=C(O)c1ccc(C(=O)O)cc1. The Kier molecular flexibility index (Phi) is 4.36. The van der Waals surface area contributed by atoms with E-state index in [4.69, 9.17) is 21.0 Å². The maximum absolute atomic E-state index is 10.3. The molecule has 0 aliphatic heterocycles. The predicted molar refractivity (Wildman–Crippen MR) is 43.8 cm³/mol. The molecule has 0 spiro atoms. The molecule has 0 radical (unpaired) electrons. The first-order valence-electron chi connectivity index (χ1n) is 3.38. The molecule has 1 rings (SSSR count). The largest absolute Gasteiger partial charge is 0.478 e. The van der Waals surface area contributed by atoms with Gasteiger partial charge in [0.25, 0.3) is 0 Å². The van der Waals surface area contributed by atoms with Crippen molar-refractivity contribution in [2.45, 2.75) is 0 Å². The van der Waals surface area contributed by atoms with Gasteiger partial charge in [-0.15, -0.1) is 0 Å². The lowest BCUT2D eigenvalue weighted by Gasteiger charge is -1.94. The molecule has 0 fully saturated rings. The quantitative estimate of drug-likeness (QED) is 0.680. The molecule has 6 heteroatoms. The van der Waals surface area contributed by atoms with Gasteiger partial charge in [0.1, 0.15) is 0 Å². The number of hydrogen-bond acceptors (Lipinski definition) is 4. The van der Waals surface area contributed by atoms with Gasteiger partial charge in [-0.05, 0) is 24.3 Å². The average molecular weight is 194 g/mol. The van der Waals surface area contributed by atoms with Crippen molar-refractivity contribution in [2.75, 3.05) is 0 Å². The smallest absolute Gasteiger partial charge is 0.335 e. The molecular formula is C8H6N2O4. The highest BCUT2D eigenvalue weighted by molar-refractivity contribution is 5.91. The zero-order chi connectivity index (χ0) is 11.1. The van der Waals surface area contributed by atoms with Crippen molar-refractivity contribution in [3.8, 4) is 0 Å². The van der Waals surface area contributed by atoms with Crippen molar-refractivity contribution in [3.63, 3.8) is 0 Å². The van der Waals surface area contributed by atoms with E-state index in [1.54, 1.807) is 0 Å². The Morgan fingerprint density at radius 3 is 1.21 bits per heavy atom. The number of benzene rings is 1. The second-order valence-corrected chi connectivity index (χ2v) is 2.19. The van der Waals surface area contributed by atoms with Crippen molar-refractivity contribution in [2.24, 2.45) is 0 Å². The van der Waals surface area contributed by atoms with Gasteiger partial charge in [0.05, 0.1) is 11.1 Å². The maximum Gasteiger partial charge on any atom is 0.335 e. The Hall–Kier alpha value is -2.42. The molecule has 0 heterocycles. The molecule has 0 bridgehead atoms. The molecule has 1 aromatic carbocycles. The third-order valence-corrected chi connectivity index (χ3v) is 1.38. The van der Waals surface area contributed by atoms with E-state index < -0.39 is 11.9 Å². The minimum Gasteiger partial charge on any atom is -0.478 e. The second kappa shape index (κ2) is 5.27. The summed E-state index contributed by atoms with van der Waals surface area (Å²) >= 11 is 0. The van der Waals surface area contributed by atoms with Crippen LogP contribution < -0.4 is 0 Å². The minimum atomic E-state index is -1.06. The van der Waals surface area contributed by atoms with Crippen LogP contribution >= 0.6 is 0 Å². The van der Waals surface area contributed by atoms with Crippen LogP contribution in [0.2, 0.25) is 0 Å². The van der Waals surface area contributed by atoms with Crippen LogP contribution in [0, 0.1) is 10.8 Å². The van der Waals surface area contributed by atoms with E-state index in [2.05, 4.69) is 0 Å². The van der Waals surface area contributed by atoms with E-state index in [1.165, 1.54) is 24.3 Å². The second-order valence-electron chi connectivity index (χ2n) is 2.19. The molecule has 6 nitrogen and oxygen atoms in total. The summed E-state index contributed by atoms with van der Waals surface area (Å²) in [6.07, 6.45) is 0. The van der Waals surface area contributed by atoms with Crippen molar-refractivity contribution < 1.29 is 19.8 Å². The van der Waals surface area contributed by atoms with Crippen molar-refractivity contribution in [3.05, 3.63) is 35.4 Å². The molecule has 2 N–H and O–H groups in total. The lowest BCUT2D eigenvalue weighted by Crippen LogP contribution is -1.99. The van der Waals surface area contributed by atoms with Crippen LogP contribution in [0.1, 0.15) is 20.7 Å². The average Bonchev–Trinajstić information content (AvgIpc) is 2.21. The Bertz CT molecular complexity index is 322. The summed E-state index contributed by atoms with van der Waals surface area (Å²) < 4.78 is 0. The summed E-state index contributed by atoms with van der Waals surface area (Å²) in [4.78, 5) is 20.7. The molecule has 1 aromatic rings. The molecule has 0 saturated heterocycles. The van der Waals surface area contributed by atoms with Crippen LogP contribution in [0.5, 0.6) is 0 Å². The Labute approximate surface area is 78.8 Å². The van der Waals surface area contributed by atoms with Crippen molar-refractivity contribution in [1.29, 1.82) is 10.8 Å². The Morgan fingerprint density at radius 1 is 0.857 bits per heavy atom. The number of aromatic carboxylic acids is 2. The highest BCUT2D eigenvalue weighted by Gasteiger charge is 2.04. The summed E-state index contributed by atoms with van der Waals surface area (Å²) in [6, 6.07) is 5.02. The maximum atomic E-state index is 10.3. The van der Waals surface area contributed by atoms with E-state index >= 15 is 0 Å². The molecule has 0 aromatic heterocycles. The van der Waals surface area contributed by atoms with E-state index in [0.717, 1.165) is 0 Å². The van der Waals surface area contributed by atoms with Gasteiger partial charge in [-0.25, -0.2) is 9.59 Å². The highest BCUT2D eigenvalue weighted by Crippen LogP contribution is 2.03. The van der Waals surface area contributed by atoms with E-state index in [9.17, 15) is 9.59 Å². The van der Waals surface area contributed by atoms with Crippen LogP contribution in [0.25, 0.3) is 0 Å². The van der Waals surface area contributed by atoms with E-state index in [0.29, 0.717) is 0 Å². The molecule has 0 aliphatic rings. The molecule has 0 amide bonds. The van der Waals surface area contributed by atoms with Gasteiger partial charge < -0.3 is 10.2 Å². The third-order valence-electron chi connectivity index (χ3n) is 1.38. The van der Waals surface area contributed by atoms with Crippen LogP contribution in [-0.2, 0) is 0 Å². The van der Waals surface area contributed by atoms with Crippen molar-refractivity contribution in [1.82, 2.24) is 0 Å². The lowest BCUT2D eigenvalue weighted by atomic mass is 10.1. The number of carboxylic acids is 2. The lowest BCUT2D eigenvalue weighted by molar-refractivity contribution is 0.0681. The number of rotatable bonds is 2. The summed E-state index contributed by atoms with van der Waals surface area (Å²) in [5.74, 6) is -2.13.